The zero-order valence-corrected chi connectivity index (χ0v) is 16.2. The van der Waals surface area contributed by atoms with Crippen LogP contribution in [0, 0.1) is 0 Å². The van der Waals surface area contributed by atoms with Gasteiger partial charge < -0.3 is 19.4 Å². The van der Waals surface area contributed by atoms with Crippen molar-refractivity contribution in [2.45, 2.75) is 26.2 Å². The van der Waals surface area contributed by atoms with Gasteiger partial charge in [0.05, 0.1) is 13.3 Å². The normalized spacial score (nSPS) is 11.6. The average molecular weight is 378 g/mol. The minimum atomic E-state index is -0.0777. The Morgan fingerprint density at radius 1 is 1.04 bits per heavy atom. The van der Waals surface area contributed by atoms with Crippen molar-refractivity contribution in [2.75, 3.05) is 20.3 Å². The molecular weight excluding hydrogens is 354 g/mol. The average Bonchev–Trinajstić information content (AvgIpc) is 2.59. The summed E-state index contributed by atoms with van der Waals surface area (Å²) in [6, 6.07) is 10.9. The van der Waals surface area contributed by atoms with Gasteiger partial charge in [0.15, 0.2) is 0 Å². The lowest BCUT2D eigenvalue weighted by Gasteiger charge is -2.23. The van der Waals surface area contributed by atoms with Gasteiger partial charge in [0.2, 0.25) is 0 Å². The maximum absolute atomic E-state index is 8.74. The standard InChI is InChI=1S/C20H24ClNO4/c1-20(2,3)17-12-16(24-4)6-8-19(17)26-10-9-25-18-7-5-15(21)11-14(18)13-22-23/h5-8,11-13,23H,9-10H2,1-4H3. The van der Waals surface area contributed by atoms with E-state index in [1.54, 1.807) is 25.3 Å². The summed E-state index contributed by atoms with van der Waals surface area (Å²) < 4.78 is 17.0. The van der Waals surface area contributed by atoms with Gasteiger partial charge in [-0.15, -0.1) is 0 Å². The van der Waals surface area contributed by atoms with Crippen LogP contribution in [-0.4, -0.2) is 31.7 Å². The maximum atomic E-state index is 8.74. The third kappa shape index (κ3) is 5.30. The Balaban J connectivity index is 2.03. The highest BCUT2D eigenvalue weighted by atomic mass is 35.5. The number of halogens is 1. The van der Waals surface area contributed by atoms with Crippen molar-refractivity contribution in [1.29, 1.82) is 0 Å². The van der Waals surface area contributed by atoms with Crippen molar-refractivity contribution < 1.29 is 19.4 Å². The zero-order chi connectivity index (χ0) is 19.2. The smallest absolute Gasteiger partial charge is 0.128 e. The first-order valence-corrected chi connectivity index (χ1v) is 8.64. The van der Waals surface area contributed by atoms with E-state index in [4.69, 9.17) is 31.0 Å². The number of hydrogen-bond donors (Lipinski definition) is 1. The third-order valence-electron chi connectivity index (χ3n) is 3.76. The van der Waals surface area contributed by atoms with Crippen molar-refractivity contribution in [3.05, 3.63) is 52.5 Å². The van der Waals surface area contributed by atoms with E-state index in [1.165, 1.54) is 6.21 Å². The quantitative estimate of drug-likeness (QED) is 0.322. The minimum absolute atomic E-state index is 0.0777. The molecular formula is C20H24ClNO4. The van der Waals surface area contributed by atoms with E-state index in [-0.39, 0.29) is 5.41 Å². The summed E-state index contributed by atoms with van der Waals surface area (Å²) >= 11 is 5.94. The van der Waals surface area contributed by atoms with Gasteiger partial charge in [-0.05, 0) is 41.8 Å². The Hall–Kier alpha value is -2.40. The third-order valence-corrected chi connectivity index (χ3v) is 4.00. The van der Waals surface area contributed by atoms with Gasteiger partial charge in [0.25, 0.3) is 0 Å². The van der Waals surface area contributed by atoms with Crippen molar-refractivity contribution in [3.8, 4) is 17.2 Å². The molecule has 0 bridgehead atoms. The van der Waals surface area contributed by atoms with Crippen molar-refractivity contribution in [2.24, 2.45) is 5.16 Å². The molecule has 0 saturated carbocycles. The second-order valence-corrected chi connectivity index (χ2v) is 7.17. The fourth-order valence-corrected chi connectivity index (χ4v) is 2.65. The fourth-order valence-electron chi connectivity index (χ4n) is 2.47. The van der Waals surface area contributed by atoms with Crippen LogP contribution in [0.15, 0.2) is 41.6 Å². The molecule has 26 heavy (non-hydrogen) atoms. The van der Waals surface area contributed by atoms with Crippen LogP contribution in [0.25, 0.3) is 0 Å². The lowest BCUT2D eigenvalue weighted by Crippen LogP contribution is -2.16. The highest BCUT2D eigenvalue weighted by molar-refractivity contribution is 6.30. The summed E-state index contributed by atoms with van der Waals surface area (Å²) in [5.74, 6) is 2.17. The summed E-state index contributed by atoms with van der Waals surface area (Å²) in [4.78, 5) is 0. The second-order valence-electron chi connectivity index (χ2n) is 6.74. The van der Waals surface area contributed by atoms with Crippen LogP contribution in [0.2, 0.25) is 5.02 Å². The second kappa shape index (κ2) is 8.81. The summed E-state index contributed by atoms with van der Waals surface area (Å²) in [5, 5.41) is 12.3. The molecule has 0 aromatic heterocycles. The van der Waals surface area contributed by atoms with Crippen LogP contribution in [0.4, 0.5) is 0 Å². The summed E-state index contributed by atoms with van der Waals surface area (Å²) in [6.07, 6.45) is 1.28. The first kappa shape index (κ1) is 19.9. The van der Waals surface area contributed by atoms with Crippen LogP contribution in [0.1, 0.15) is 31.9 Å². The molecule has 0 amide bonds. The molecule has 0 atom stereocenters. The topological polar surface area (TPSA) is 60.3 Å². The first-order chi connectivity index (χ1) is 12.3. The van der Waals surface area contributed by atoms with Gasteiger partial charge >= 0.3 is 0 Å². The summed E-state index contributed by atoms with van der Waals surface area (Å²) in [5.41, 5.74) is 1.59. The van der Waals surface area contributed by atoms with Crippen LogP contribution in [0.3, 0.4) is 0 Å². The van der Waals surface area contributed by atoms with Crippen molar-refractivity contribution >= 4 is 17.8 Å². The van der Waals surface area contributed by atoms with Gasteiger partial charge in [-0.1, -0.05) is 37.5 Å². The molecule has 6 heteroatoms. The summed E-state index contributed by atoms with van der Waals surface area (Å²) in [7, 11) is 1.65. The molecule has 0 heterocycles. The highest BCUT2D eigenvalue weighted by Crippen LogP contribution is 2.34. The van der Waals surface area contributed by atoms with Crippen LogP contribution >= 0.6 is 11.6 Å². The molecule has 0 aliphatic rings. The number of benzene rings is 2. The maximum Gasteiger partial charge on any atom is 0.128 e. The van der Waals surface area contributed by atoms with Crippen LogP contribution < -0.4 is 14.2 Å². The fraction of sp³-hybridized carbons (Fsp3) is 0.350. The molecule has 5 nitrogen and oxygen atoms in total. The van der Waals surface area contributed by atoms with Gasteiger partial charge in [0, 0.05) is 16.1 Å². The largest absolute Gasteiger partial charge is 0.497 e. The molecule has 0 aliphatic heterocycles. The molecule has 0 aliphatic carbocycles. The number of nitrogens with zero attached hydrogens (tertiary/aromatic N) is 1. The molecule has 2 aromatic rings. The number of ether oxygens (including phenoxy) is 3. The molecule has 2 rings (SSSR count). The molecule has 2 aromatic carbocycles. The Morgan fingerprint density at radius 3 is 2.31 bits per heavy atom. The molecule has 0 fully saturated rings. The van der Waals surface area contributed by atoms with Gasteiger partial charge in [0.1, 0.15) is 30.5 Å². The molecule has 0 radical (unpaired) electrons. The number of hydrogen-bond acceptors (Lipinski definition) is 5. The Kier molecular flexibility index (Phi) is 6.75. The van der Waals surface area contributed by atoms with E-state index < -0.39 is 0 Å². The zero-order valence-electron chi connectivity index (χ0n) is 15.5. The lowest BCUT2D eigenvalue weighted by molar-refractivity contribution is 0.214. The van der Waals surface area contributed by atoms with Gasteiger partial charge in [-0.3, -0.25) is 0 Å². The molecule has 0 spiro atoms. The van der Waals surface area contributed by atoms with E-state index in [2.05, 4.69) is 25.9 Å². The van der Waals surface area contributed by atoms with E-state index in [1.807, 2.05) is 18.2 Å². The van der Waals surface area contributed by atoms with Crippen LogP contribution in [0.5, 0.6) is 17.2 Å². The Bertz CT molecular complexity index is 769. The van der Waals surface area contributed by atoms with Crippen molar-refractivity contribution in [1.82, 2.24) is 0 Å². The molecule has 140 valence electrons. The highest BCUT2D eigenvalue weighted by Gasteiger charge is 2.20. The first-order valence-electron chi connectivity index (χ1n) is 8.26. The number of oxime groups is 1. The molecule has 0 saturated heterocycles. The van der Waals surface area contributed by atoms with Crippen molar-refractivity contribution in [3.63, 3.8) is 0 Å². The number of rotatable bonds is 7. The van der Waals surface area contributed by atoms with E-state index in [0.717, 1.165) is 17.1 Å². The van der Waals surface area contributed by atoms with E-state index >= 15 is 0 Å². The Morgan fingerprint density at radius 2 is 1.69 bits per heavy atom. The molecule has 1 N–H and O–H groups in total. The Labute approximate surface area is 159 Å². The molecule has 0 unspecified atom stereocenters. The minimum Gasteiger partial charge on any atom is -0.497 e. The SMILES string of the molecule is COc1ccc(OCCOc2ccc(Cl)cc2C=NO)c(C(C)(C)C)c1. The monoisotopic (exact) mass is 377 g/mol. The van der Waals surface area contributed by atoms with E-state index in [0.29, 0.717) is 29.5 Å². The predicted molar refractivity (Wildman–Crippen MR) is 104 cm³/mol. The summed E-state index contributed by atoms with van der Waals surface area (Å²) in [6.45, 7) is 7.08. The lowest BCUT2D eigenvalue weighted by atomic mass is 9.86. The predicted octanol–water partition coefficient (Wildman–Crippen LogP) is 4.91. The van der Waals surface area contributed by atoms with E-state index in [9.17, 15) is 0 Å². The van der Waals surface area contributed by atoms with Gasteiger partial charge in [-0.25, -0.2) is 0 Å². The van der Waals surface area contributed by atoms with Crippen LogP contribution in [-0.2, 0) is 5.41 Å². The number of methoxy groups -OCH3 is 1. The van der Waals surface area contributed by atoms with Gasteiger partial charge in [-0.2, -0.15) is 0 Å².